The van der Waals surface area contributed by atoms with Crippen LogP contribution in [0.2, 0.25) is 0 Å². The van der Waals surface area contributed by atoms with Crippen molar-refractivity contribution in [1.82, 2.24) is 9.97 Å². The van der Waals surface area contributed by atoms with Gasteiger partial charge in [-0.05, 0) is 43.3 Å². The van der Waals surface area contributed by atoms with Crippen LogP contribution in [0.3, 0.4) is 0 Å². The Hall–Kier alpha value is -2.47. The van der Waals surface area contributed by atoms with Crippen LogP contribution >= 0.6 is 34.4 Å². The van der Waals surface area contributed by atoms with E-state index in [0.717, 1.165) is 20.3 Å². The summed E-state index contributed by atoms with van der Waals surface area (Å²) in [7, 11) is -3.73. The molecule has 0 aliphatic carbocycles. The van der Waals surface area contributed by atoms with Gasteiger partial charge in [0, 0.05) is 11.1 Å². The third kappa shape index (κ3) is 4.98. The number of thioether (sulfide) groups is 1. The maximum Gasteiger partial charge on any atom is 0.263 e. The first-order chi connectivity index (χ1) is 14.4. The lowest BCUT2D eigenvalue weighted by atomic mass is 10.3. The molecule has 0 aliphatic heterocycles. The summed E-state index contributed by atoms with van der Waals surface area (Å²) < 4.78 is 29.2. The molecule has 4 aromatic rings. The van der Waals surface area contributed by atoms with Crippen LogP contribution in [0.4, 0.5) is 10.8 Å². The zero-order valence-electron chi connectivity index (χ0n) is 15.7. The number of nitrogens with one attached hydrogen (secondary N) is 2. The number of nitrogens with zero attached hydrogens (tertiary/aromatic N) is 2. The zero-order chi connectivity index (χ0) is 21.1. The molecule has 30 heavy (non-hydrogen) atoms. The number of fused-ring (bicyclic) bond motifs is 1. The van der Waals surface area contributed by atoms with Crippen LogP contribution in [0.15, 0.2) is 63.1 Å². The van der Waals surface area contributed by atoms with Gasteiger partial charge in [0.1, 0.15) is 0 Å². The molecule has 2 aromatic heterocycles. The minimum atomic E-state index is -3.73. The first kappa shape index (κ1) is 20.8. The molecule has 154 valence electrons. The Morgan fingerprint density at radius 3 is 2.57 bits per heavy atom. The summed E-state index contributed by atoms with van der Waals surface area (Å²) in [5.74, 6) is 0.0245. The van der Waals surface area contributed by atoms with Crippen molar-refractivity contribution in [2.24, 2.45) is 0 Å². The van der Waals surface area contributed by atoms with Crippen LogP contribution in [-0.4, -0.2) is 30.0 Å². The van der Waals surface area contributed by atoms with Crippen molar-refractivity contribution in [3.8, 4) is 0 Å². The Labute approximate surface area is 185 Å². The van der Waals surface area contributed by atoms with E-state index < -0.39 is 10.0 Å². The molecular weight excluding hydrogens is 461 g/mol. The number of amides is 1. The number of rotatable bonds is 7. The van der Waals surface area contributed by atoms with Crippen LogP contribution in [0.5, 0.6) is 0 Å². The molecule has 0 atom stereocenters. The van der Waals surface area contributed by atoms with Crippen LogP contribution in [0, 0.1) is 6.92 Å². The second-order valence-corrected chi connectivity index (χ2v) is 11.0. The number of hydrogen-bond donors (Lipinski definition) is 2. The van der Waals surface area contributed by atoms with Gasteiger partial charge in [0.25, 0.3) is 10.0 Å². The summed E-state index contributed by atoms with van der Waals surface area (Å²) in [5, 5.41) is 4.85. The molecule has 0 radical (unpaired) electrons. The quantitative estimate of drug-likeness (QED) is 0.378. The number of para-hydroxylation sites is 1. The number of carbonyl (C=O) groups is 1. The molecule has 0 bridgehead atoms. The smallest absolute Gasteiger partial charge is 0.263 e. The molecular formula is C19H16N4O3S4. The van der Waals surface area contributed by atoms with Gasteiger partial charge >= 0.3 is 0 Å². The summed E-state index contributed by atoms with van der Waals surface area (Å²) in [6, 6.07) is 13.8. The summed E-state index contributed by atoms with van der Waals surface area (Å²) in [5.41, 5.74) is 2.19. The van der Waals surface area contributed by atoms with E-state index in [9.17, 15) is 13.2 Å². The van der Waals surface area contributed by atoms with Gasteiger partial charge in [0.05, 0.1) is 26.6 Å². The Morgan fingerprint density at radius 1 is 1.10 bits per heavy atom. The molecule has 11 heteroatoms. The molecule has 0 unspecified atom stereocenters. The lowest BCUT2D eigenvalue weighted by molar-refractivity contribution is -0.113. The second-order valence-electron chi connectivity index (χ2n) is 6.21. The maximum absolute atomic E-state index is 12.4. The standard InChI is InChI=1S/C19H16N4O3S4/c1-12-10-27-18(20-12)23-30(25,26)14-8-6-13(7-9-14)21-17(24)11-28-19-22-15-4-2-3-5-16(15)29-19/h2-10H,11H2,1H3,(H,20,23)(H,21,24). The van der Waals surface area contributed by atoms with Crippen molar-refractivity contribution in [2.75, 3.05) is 15.8 Å². The lowest BCUT2D eigenvalue weighted by Gasteiger charge is -2.07. The first-order valence-electron chi connectivity index (χ1n) is 8.72. The van der Waals surface area contributed by atoms with Crippen molar-refractivity contribution in [2.45, 2.75) is 16.2 Å². The van der Waals surface area contributed by atoms with Gasteiger partial charge in [-0.15, -0.1) is 22.7 Å². The van der Waals surface area contributed by atoms with Crippen molar-refractivity contribution in [1.29, 1.82) is 0 Å². The van der Waals surface area contributed by atoms with Gasteiger partial charge < -0.3 is 5.32 Å². The molecule has 1 amide bonds. The Bertz CT molecular complexity index is 1260. The second kappa shape index (κ2) is 8.72. The van der Waals surface area contributed by atoms with E-state index in [0.29, 0.717) is 10.8 Å². The maximum atomic E-state index is 12.4. The Balaban J connectivity index is 1.35. The third-order valence-corrected chi connectivity index (χ3v) is 8.43. The molecule has 0 spiro atoms. The molecule has 2 aromatic carbocycles. The van der Waals surface area contributed by atoms with Crippen LogP contribution in [0.1, 0.15) is 5.69 Å². The van der Waals surface area contributed by atoms with E-state index in [-0.39, 0.29) is 16.6 Å². The molecule has 0 saturated carbocycles. The van der Waals surface area contributed by atoms with Crippen molar-refractivity contribution in [3.63, 3.8) is 0 Å². The number of hydrogen-bond acceptors (Lipinski definition) is 8. The molecule has 4 rings (SSSR count). The van der Waals surface area contributed by atoms with E-state index in [1.54, 1.807) is 35.8 Å². The lowest BCUT2D eigenvalue weighted by Crippen LogP contribution is -2.15. The van der Waals surface area contributed by atoms with Crippen molar-refractivity contribution in [3.05, 3.63) is 59.6 Å². The summed E-state index contributed by atoms with van der Waals surface area (Å²) >= 11 is 4.14. The number of anilines is 2. The number of aryl methyl sites for hydroxylation is 1. The predicted octanol–water partition coefficient (Wildman–Crippen LogP) is 4.59. The molecule has 0 aliphatic rings. The number of carbonyl (C=O) groups excluding carboxylic acids is 1. The van der Waals surface area contributed by atoms with E-state index >= 15 is 0 Å². The molecule has 2 heterocycles. The summed E-state index contributed by atoms with van der Waals surface area (Å²) in [6.07, 6.45) is 0. The molecule has 7 nitrogen and oxygen atoms in total. The fourth-order valence-corrected chi connectivity index (χ4v) is 6.34. The predicted molar refractivity (Wildman–Crippen MR) is 123 cm³/mol. The van der Waals surface area contributed by atoms with E-state index in [4.69, 9.17) is 0 Å². The Morgan fingerprint density at radius 2 is 1.87 bits per heavy atom. The van der Waals surface area contributed by atoms with E-state index in [1.807, 2.05) is 24.3 Å². The highest BCUT2D eigenvalue weighted by molar-refractivity contribution is 8.01. The topological polar surface area (TPSA) is 101 Å². The highest BCUT2D eigenvalue weighted by Gasteiger charge is 2.16. The van der Waals surface area contributed by atoms with Gasteiger partial charge in [0.2, 0.25) is 5.91 Å². The molecule has 0 fully saturated rings. The number of aromatic nitrogens is 2. The van der Waals surface area contributed by atoms with Crippen LogP contribution < -0.4 is 10.0 Å². The SMILES string of the molecule is Cc1csc(NS(=O)(=O)c2ccc(NC(=O)CSc3nc4ccccc4s3)cc2)n1. The van der Waals surface area contributed by atoms with Crippen LogP contribution in [-0.2, 0) is 14.8 Å². The van der Waals surface area contributed by atoms with Gasteiger partial charge in [0.15, 0.2) is 9.47 Å². The fourth-order valence-electron chi connectivity index (χ4n) is 2.53. The number of benzene rings is 2. The highest BCUT2D eigenvalue weighted by Crippen LogP contribution is 2.29. The number of thiazole rings is 2. The summed E-state index contributed by atoms with van der Waals surface area (Å²) in [6.45, 7) is 1.79. The van der Waals surface area contributed by atoms with Gasteiger partial charge in [-0.2, -0.15) is 0 Å². The fraction of sp³-hybridized carbons (Fsp3) is 0.105. The zero-order valence-corrected chi connectivity index (χ0v) is 18.9. The van der Waals surface area contributed by atoms with E-state index in [1.165, 1.54) is 35.2 Å². The first-order valence-corrected chi connectivity index (χ1v) is 12.9. The minimum absolute atomic E-state index is 0.0946. The molecule has 2 N–H and O–H groups in total. The van der Waals surface area contributed by atoms with Crippen LogP contribution in [0.25, 0.3) is 10.2 Å². The van der Waals surface area contributed by atoms with Crippen molar-refractivity contribution < 1.29 is 13.2 Å². The minimum Gasteiger partial charge on any atom is -0.325 e. The van der Waals surface area contributed by atoms with Gasteiger partial charge in [-0.3, -0.25) is 9.52 Å². The van der Waals surface area contributed by atoms with Gasteiger partial charge in [-0.25, -0.2) is 18.4 Å². The molecule has 0 saturated heterocycles. The Kier molecular flexibility index (Phi) is 6.04. The largest absolute Gasteiger partial charge is 0.325 e. The third-order valence-electron chi connectivity index (χ3n) is 3.89. The normalized spacial score (nSPS) is 11.5. The average Bonchev–Trinajstić information content (AvgIpc) is 3.32. The van der Waals surface area contributed by atoms with Gasteiger partial charge in [-0.1, -0.05) is 23.9 Å². The summed E-state index contributed by atoms with van der Waals surface area (Å²) in [4.78, 5) is 20.9. The number of sulfonamides is 1. The van der Waals surface area contributed by atoms with Crippen molar-refractivity contribution >= 4 is 71.4 Å². The van der Waals surface area contributed by atoms with E-state index in [2.05, 4.69) is 20.0 Å². The average molecular weight is 477 g/mol. The monoisotopic (exact) mass is 476 g/mol. The highest BCUT2D eigenvalue weighted by atomic mass is 32.2.